The first kappa shape index (κ1) is 32.4. The van der Waals surface area contributed by atoms with Gasteiger partial charge in [-0.2, -0.15) is 13.2 Å². The Morgan fingerprint density at radius 2 is 1.07 bits per heavy atom. The minimum atomic E-state index is -4.43. The molecule has 0 aromatic heterocycles. The number of benzene rings is 3. The average molecular weight is 569 g/mol. The lowest BCUT2D eigenvalue weighted by Crippen LogP contribution is -2.34. The van der Waals surface area contributed by atoms with Crippen molar-refractivity contribution >= 4 is 11.4 Å². The van der Waals surface area contributed by atoms with Crippen LogP contribution in [0.2, 0.25) is 0 Å². The van der Waals surface area contributed by atoms with Gasteiger partial charge in [-0.3, -0.25) is 0 Å². The Hall–Kier alpha value is -3.15. The molecule has 0 fully saturated rings. The molecular formula is C35H47F3N2O. The summed E-state index contributed by atoms with van der Waals surface area (Å²) in [5.74, 6) is 0.246. The predicted octanol–water partition coefficient (Wildman–Crippen LogP) is 10.0. The minimum Gasteiger partial charge on any atom is -0.481 e. The Bertz CT molecular complexity index is 1110. The number of nitrogens with two attached hydrogens (primary N) is 2. The van der Waals surface area contributed by atoms with Gasteiger partial charge >= 0.3 is 6.18 Å². The van der Waals surface area contributed by atoms with Gasteiger partial charge in [-0.25, -0.2) is 0 Å². The van der Waals surface area contributed by atoms with Crippen LogP contribution >= 0.6 is 0 Å². The molecule has 224 valence electrons. The van der Waals surface area contributed by atoms with Crippen LogP contribution < -0.4 is 16.2 Å². The highest BCUT2D eigenvalue weighted by Gasteiger charge is 2.41. The van der Waals surface area contributed by atoms with Gasteiger partial charge in [0.25, 0.3) is 0 Å². The predicted molar refractivity (Wildman–Crippen MR) is 165 cm³/mol. The fraction of sp³-hybridized carbons (Fsp3) is 0.486. The van der Waals surface area contributed by atoms with Crippen molar-refractivity contribution in [2.75, 3.05) is 11.5 Å². The molecule has 0 aliphatic carbocycles. The third-order valence-electron chi connectivity index (χ3n) is 7.46. The number of rotatable bonds is 18. The molecule has 0 amide bonds. The molecule has 0 bridgehead atoms. The smallest absolute Gasteiger partial charge is 0.425 e. The lowest BCUT2D eigenvalue weighted by atomic mass is 9.98. The fourth-order valence-corrected chi connectivity index (χ4v) is 5.33. The van der Waals surface area contributed by atoms with Gasteiger partial charge in [-0.05, 0) is 84.3 Å². The molecule has 3 rings (SSSR count). The summed E-state index contributed by atoms with van der Waals surface area (Å²) in [7, 11) is 0. The Labute approximate surface area is 244 Å². The van der Waals surface area contributed by atoms with Crippen molar-refractivity contribution in [2.24, 2.45) is 0 Å². The highest BCUT2D eigenvalue weighted by atomic mass is 19.4. The molecule has 0 aliphatic heterocycles. The van der Waals surface area contributed by atoms with E-state index in [0.717, 1.165) is 41.5 Å². The molecule has 0 heterocycles. The second-order valence-electron chi connectivity index (χ2n) is 11.3. The summed E-state index contributed by atoms with van der Waals surface area (Å²) in [6.07, 6.45) is 6.95. The Kier molecular flexibility index (Phi) is 13.4. The number of unbranched alkanes of at least 4 members (excludes halogenated alkanes) is 10. The van der Waals surface area contributed by atoms with E-state index in [-0.39, 0.29) is 12.2 Å². The maximum absolute atomic E-state index is 14.0. The number of hydrogen-bond acceptors (Lipinski definition) is 3. The molecule has 0 aliphatic rings. The molecule has 3 aromatic rings. The maximum Gasteiger partial charge on any atom is 0.425 e. The van der Waals surface area contributed by atoms with E-state index in [2.05, 4.69) is 6.92 Å². The van der Waals surface area contributed by atoms with Crippen LogP contribution in [0.25, 0.3) is 0 Å². The van der Waals surface area contributed by atoms with Crippen LogP contribution in [0.4, 0.5) is 24.5 Å². The molecular weight excluding hydrogens is 521 g/mol. The number of anilines is 2. The van der Waals surface area contributed by atoms with Gasteiger partial charge in [0.05, 0.1) is 0 Å². The van der Waals surface area contributed by atoms with Crippen molar-refractivity contribution in [3.05, 3.63) is 89.0 Å². The highest BCUT2D eigenvalue weighted by molar-refractivity contribution is 5.46. The van der Waals surface area contributed by atoms with Crippen LogP contribution in [0, 0.1) is 0 Å². The topological polar surface area (TPSA) is 61.3 Å². The summed E-state index contributed by atoms with van der Waals surface area (Å²) in [5, 5.41) is 0. The monoisotopic (exact) mass is 568 g/mol. The lowest BCUT2D eigenvalue weighted by Gasteiger charge is -2.23. The molecule has 0 spiro atoms. The summed E-state index contributed by atoms with van der Waals surface area (Å²) in [6.45, 7) is 2.22. The summed E-state index contributed by atoms with van der Waals surface area (Å²) in [6, 6.07) is 20.6. The molecule has 1 atom stereocenters. The van der Waals surface area contributed by atoms with Crippen LogP contribution in [0.5, 0.6) is 5.75 Å². The number of halogens is 3. The summed E-state index contributed by atoms with van der Waals surface area (Å²) >= 11 is 0. The first-order valence-corrected chi connectivity index (χ1v) is 15.3. The van der Waals surface area contributed by atoms with Crippen LogP contribution in [0.1, 0.15) is 106 Å². The van der Waals surface area contributed by atoms with Crippen LogP contribution in [0.3, 0.4) is 0 Å². The van der Waals surface area contributed by atoms with Gasteiger partial charge < -0.3 is 16.2 Å². The van der Waals surface area contributed by atoms with Crippen LogP contribution in [-0.4, -0.2) is 12.3 Å². The summed E-state index contributed by atoms with van der Waals surface area (Å²) in [5.41, 5.74) is 17.0. The maximum atomic E-state index is 14.0. The van der Waals surface area contributed by atoms with E-state index in [1.807, 2.05) is 54.6 Å². The first-order valence-electron chi connectivity index (χ1n) is 15.3. The number of nitrogen functional groups attached to an aromatic ring is 2. The normalized spacial score (nSPS) is 12.4. The third-order valence-corrected chi connectivity index (χ3v) is 7.46. The summed E-state index contributed by atoms with van der Waals surface area (Å²) < 4.78 is 47.8. The van der Waals surface area contributed by atoms with Gasteiger partial charge in [-0.1, -0.05) is 101 Å². The number of ether oxygens (including phenoxy) is 1. The van der Waals surface area contributed by atoms with E-state index in [9.17, 15) is 13.2 Å². The average Bonchev–Trinajstić information content (AvgIpc) is 2.90. The van der Waals surface area contributed by atoms with Crippen molar-refractivity contribution < 1.29 is 17.9 Å². The van der Waals surface area contributed by atoms with Crippen molar-refractivity contribution in [2.45, 2.75) is 109 Å². The molecule has 1 unspecified atom stereocenters. The molecule has 0 saturated carbocycles. The van der Waals surface area contributed by atoms with Crippen LogP contribution in [-0.2, 0) is 12.8 Å². The zero-order valence-corrected chi connectivity index (χ0v) is 24.5. The van der Waals surface area contributed by atoms with Crippen molar-refractivity contribution in [3.8, 4) is 5.75 Å². The van der Waals surface area contributed by atoms with Crippen molar-refractivity contribution in [1.82, 2.24) is 0 Å². The van der Waals surface area contributed by atoms with E-state index >= 15 is 0 Å². The van der Waals surface area contributed by atoms with Gasteiger partial charge in [0.2, 0.25) is 0 Å². The number of alkyl halides is 3. The second kappa shape index (κ2) is 17.0. The Balaban J connectivity index is 1.63. The van der Waals surface area contributed by atoms with E-state index in [1.54, 1.807) is 12.1 Å². The van der Waals surface area contributed by atoms with E-state index in [1.165, 1.54) is 44.9 Å². The quantitative estimate of drug-likeness (QED) is 0.119. The van der Waals surface area contributed by atoms with Gasteiger partial charge in [0.1, 0.15) is 5.75 Å². The lowest BCUT2D eigenvalue weighted by molar-refractivity contribution is -0.197. The standard InChI is InChI=1S/C35H47F3N2O/c1-2-3-4-5-6-7-8-9-10-11-12-19-34(35(36,37)38)41-33-25-29(20-27-15-13-17-31(39)23-27)22-30(26-33)21-28-16-14-18-32(40)24-28/h13-18,22-26,34H,2-12,19-21,39-40H2,1H3. The fourth-order valence-electron chi connectivity index (χ4n) is 5.33. The van der Waals surface area contributed by atoms with Crippen molar-refractivity contribution in [1.29, 1.82) is 0 Å². The van der Waals surface area contributed by atoms with E-state index in [0.29, 0.717) is 30.6 Å². The van der Waals surface area contributed by atoms with Gasteiger partial charge in [0.15, 0.2) is 6.10 Å². The summed E-state index contributed by atoms with van der Waals surface area (Å²) in [4.78, 5) is 0. The SMILES string of the molecule is CCCCCCCCCCCCCC(Oc1cc(Cc2cccc(N)c2)cc(Cc2cccc(N)c2)c1)C(F)(F)F. The zero-order valence-electron chi connectivity index (χ0n) is 24.5. The van der Waals surface area contributed by atoms with Crippen molar-refractivity contribution in [3.63, 3.8) is 0 Å². The molecule has 6 heteroatoms. The van der Waals surface area contributed by atoms with Gasteiger partial charge in [0, 0.05) is 11.4 Å². The molecule has 41 heavy (non-hydrogen) atoms. The minimum absolute atomic E-state index is 0.0372. The van der Waals surface area contributed by atoms with E-state index in [4.69, 9.17) is 16.2 Å². The molecule has 3 aromatic carbocycles. The first-order chi connectivity index (χ1) is 19.7. The third kappa shape index (κ3) is 12.5. The molecule has 0 saturated heterocycles. The van der Waals surface area contributed by atoms with E-state index < -0.39 is 12.3 Å². The second-order valence-corrected chi connectivity index (χ2v) is 11.3. The molecule has 3 nitrogen and oxygen atoms in total. The molecule has 4 N–H and O–H groups in total. The Morgan fingerprint density at radius 1 is 0.610 bits per heavy atom. The number of hydrogen-bond donors (Lipinski definition) is 2. The highest BCUT2D eigenvalue weighted by Crippen LogP contribution is 2.31. The van der Waals surface area contributed by atoms with Gasteiger partial charge in [-0.15, -0.1) is 0 Å². The zero-order chi connectivity index (χ0) is 29.5. The molecule has 0 radical (unpaired) electrons. The Morgan fingerprint density at radius 3 is 1.51 bits per heavy atom. The largest absolute Gasteiger partial charge is 0.481 e. The van der Waals surface area contributed by atoms with Crippen LogP contribution in [0.15, 0.2) is 66.7 Å².